The van der Waals surface area contributed by atoms with E-state index >= 15 is 0 Å². The number of benzene rings is 1. The second-order valence-electron chi connectivity index (χ2n) is 5.67. The second-order valence-corrected chi connectivity index (χ2v) is 5.67. The van der Waals surface area contributed by atoms with Crippen LogP contribution in [0.3, 0.4) is 0 Å². The van der Waals surface area contributed by atoms with E-state index in [0.717, 1.165) is 5.56 Å². The van der Waals surface area contributed by atoms with Gasteiger partial charge in [-0.1, -0.05) is 6.07 Å². The van der Waals surface area contributed by atoms with Crippen molar-refractivity contribution < 1.29 is 19.4 Å². The maximum absolute atomic E-state index is 11.7. The quantitative estimate of drug-likeness (QED) is 0.866. The van der Waals surface area contributed by atoms with Gasteiger partial charge < -0.3 is 19.9 Å². The van der Waals surface area contributed by atoms with E-state index in [4.69, 9.17) is 9.47 Å². The number of ether oxygens (including phenoxy) is 2. The fraction of sp³-hybridized carbons (Fsp3) is 0.533. The fourth-order valence-corrected chi connectivity index (χ4v) is 1.66. The minimum Gasteiger partial charge on any atom is -0.493 e. The number of hydrogen-bond acceptors (Lipinski definition) is 4. The molecule has 1 aromatic rings. The van der Waals surface area contributed by atoms with Gasteiger partial charge in [0.15, 0.2) is 18.1 Å². The minimum atomic E-state index is -0.581. The maximum atomic E-state index is 11.7. The van der Waals surface area contributed by atoms with Crippen LogP contribution in [0.25, 0.3) is 0 Å². The molecule has 5 nitrogen and oxygen atoms in total. The van der Waals surface area contributed by atoms with E-state index in [1.54, 1.807) is 25.1 Å². The molecule has 5 heteroatoms. The van der Waals surface area contributed by atoms with Crippen LogP contribution in [-0.2, 0) is 4.79 Å². The lowest BCUT2D eigenvalue weighted by Crippen LogP contribution is -2.43. The number of aliphatic hydroxyl groups is 1. The topological polar surface area (TPSA) is 67.8 Å². The number of amides is 1. The summed E-state index contributed by atoms with van der Waals surface area (Å²) in [5, 5.41) is 12.3. The van der Waals surface area contributed by atoms with Crippen LogP contribution < -0.4 is 14.8 Å². The second kappa shape index (κ2) is 6.61. The fourth-order valence-electron chi connectivity index (χ4n) is 1.66. The van der Waals surface area contributed by atoms with Gasteiger partial charge >= 0.3 is 0 Å². The summed E-state index contributed by atoms with van der Waals surface area (Å²) in [6.07, 6.45) is -0.581. The van der Waals surface area contributed by atoms with Gasteiger partial charge in [0.25, 0.3) is 5.91 Å². The van der Waals surface area contributed by atoms with Gasteiger partial charge in [0, 0.05) is 5.54 Å². The summed E-state index contributed by atoms with van der Waals surface area (Å²) in [7, 11) is 1.52. The molecule has 0 fully saturated rings. The van der Waals surface area contributed by atoms with Gasteiger partial charge in [-0.2, -0.15) is 0 Å². The molecule has 20 heavy (non-hydrogen) atoms. The summed E-state index contributed by atoms with van der Waals surface area (Å²) in [4.78, 5) is 11.7. The maximum Gasteiger partial charge on any atom is 0.258 e. The average molecular weight is 281 g/mol. The molecule has 0 aromatic heterocycles. The molecule has 0 radical (unpaired) electrons. The van der Waals surface area contributed by atoms with Crippen molar-refractivity contribution in [3.8, 4) is 11.5 Å². The highest BCUT2D eigenvalue weighted by atomic mass is 16.5. The Morgan fingerprint density at radius 3 is 2.50 bits per heavy atom. The number of nitrogens with one attached hydrogen (secondary N) is 1. The lowest BCUT2D eigenvalue weighted by molar-refractivity contribution is -0.124. The van der Waals surface area contributed by atoms with Crippen molar-refractivity contribution in [2.75, 3.05) is 13.7 Å². The molecule has 112 valence electrons. The highest BCUT2D eigenvalue weighted by molar-refractivity contribution is 5.78. The Balaban J connectivity index is 2.71. The molecular weight excluding hydrogens is 258 g/mol. The monoisotopic (exact) mass is 281 g/mol. The zero-order valence-electron chi connectivity index (χ0n) is 12.7. The molecule has 0 spiro atoms. The summed E-state index contributed by atoms with van der Waals surface area (Å²) in [6, 6.07) is 5.12. The van der Waals surface area contributed by atoms with Crippen molar-refractivity contribution in [1.29, 1.82) is 0 Å². The number of aliphatic hydroxyl groups excluding tert-OH is 1. The van der Waals surface area contributed by atoms with Gasteiger partial charge in [0.05, 0.1) is 13.2 Å². The van der Waals surface area contributed by atoms with E-state index < -0.39 is 6.10 Å². The van der Waals surface area contributed by atoms with Crippen LogP contribution in [0.5, 0.6) is 11.5 Å². The Kier molecular flexibility index (Phi) is 5.39. The van der Waals surface area contributed by atoms with E-state index in [0.29, 0.717) is 11.5 Å². The molecule has 0 aliphatic heterocycles. The molecule has 1 atom stereocenters. The van der Waals surface area contributed by atoms with Crippen LogP contribution in [0.4, 0.5) is 0 Å². The number of rotatable bonds is 5. The van der Waals surface area contributed by atoms with Crippen molar-refractivity contribution >= 4 is 5.91 Å². The summed E-state index contributed by atoms with van der Waals surface area (Å²) in [5.41, 5.74) is 0.439. The normalized spacial score (nSPS) is 12.7. The first-order chi connectivity index (χ1) is 9.23. The third-order valence-electron chi connectivity index (χ3n) is 2.54. The largest absolute Gasteiger partial charge is 0.493 e. The number of carbonyl (C=O) groups is 1. The third-order valence-corrected chi connectivity index (χ3v) is 2.54. The van der Waals surface area contributed by atoms with Gasteiger partial charge in [-0.3, -0.25) is 4.79 Å². The molecule has 1 aromatic carbocycles. The van der Waals surface area contributed by atoms with Crippen molar-refractivity contribution in [2.24, 2.45) is 0 Å². The smallest absolute Gasteiger partial charge is 0.258 e. The molecule has 2 N–H and O–H groups in total. The van der Waals surface area contributed by atoms with E-state index in [2.05, 4.69) is 5.32 Å². The molecule has 1 amide bonds. The molecule has 0 heterocycles. The van der Waals surface area contributed by atoms with Crippen LogP contribution in [0.1, 0.15) is 39.4 Å². The highest BCUT2D eigenvalue weighted by Gasteiger charge is 2.15. The number of methoxy groups -OCH3 is 1. The first kappa shape index (κ1) is 16.3. The summed E-state index contributed by atoms with van der Waals surface area (Å²) in [6.45, 7) is 7.31. The Morgan fingerprint density at radius 2 is 2.00 bits per heavy atom. The Hall–Kier alpha value is -1.75. The van der Waals surface area contributed by atoms with Crippen molar-refractivity contribution in [3.63, 3.8) is 0 Å². The van der Waals surface area contributed by atoms with Crippen LogP contribution in [0, 0.1) is 0 Å². The predicted octanol–water partition coefficient (Wildman–Crippen LogP) is 2.04. The van der Waals surface area contributed by atoms with Gasteiger partial charge in [-0.25, -0.2) is 0 Å². The van der Waals surface area contributed by atoms with Crippen LogP contribution >= 0.6 is 0 Å². The van der Waals surface area contributed by atoms with Gasteiger partial charge in [0.2, 0.25) is 0 Å². The van der Waals surface area contributed by atoms with Crippen molar-refractivity contribution in [2.45, 2.75) is 39.3 Å². The standard InChI is InChI=1S/C15H23NO4/c1-10(17)11-6-7-12(13(8-11)19-5)20-9-14(18)16-15(2,3)4/h6-8,10,17H,9H2,1-5H3,(H,16,18). The van der Waals surface area contributed by atoms with Crippen LogP contribution in [0.15, 0.2) is 18.2 Å². The molecular formula is C15H23NO4. The van der Waals surface area contributed by atoms with Crippen molar-refractivity contribution in [3.05, 3.63) is 23.8 Å². The Labute approximate surface area is 119 Å². The molecule has 0 saturated carbocycles. The first-order valence-corrected chi connectivity index (χ1v) is 6.53. The highest BCUT2D eigenvalue weighted by Crippen LogP contribution is 2.30. The van der Waals surface area contributed by atoms with E-state index in [9.17, 15) is 9.90 Å². The zero-order valence-corrected chi connectivity index (χ0v) is 12.7. The number of hydrogen-bond donors (Lipinski definition) is 2. The van der Waals surface area contributed by atoms with Crippen LogP contribution in [0.2, 0.25) is 0 Å². The average Bonchev–Trinajstić information content (AvgIpc) is 2.33. The lowest BCUT2D eigenvalue weighted by atomic mass is 10.1. The zero-order chi connectivity index (χ0) is 15.3. The minimum absolute atomic E-state index is 0.0817. The Morgan fingerprint density at radius 1 is 1.35 bits per heavy atom. The van der Waals surface area contributed by atoms with Crippen LogP contribution in [-0.4, -0.2) is 30.3 Å². The molecule has 1 unspecified atom stereocenters. The van der Waals surface area contributed by atoms with Gasteiger partial charge in [-0.15, -0.1) is 0 Å². The number of carbonyl (C=O) groups excluding carboxylic acids is 1. The van der Waals surface area contributed by atoms with Crippen molar-refractivity contribution in [1.82, 2.24) is 5.32 Å². The summed E-state index contributed by atoms with van der Waals surface area (Å²) < 4.78 is 10.7. The first-order valence-electron chi connectivity index (χ1n) is 6.53. The van der Waals surface area contributed by atoms with Gasteiger partial charge in [0.1, 0.15) is 0 Å². The Bertz CT molecular complexity index is 463. The summed E-state index contributed by atoms with van der Waals surface area (Å²) in [5.74, 6) is 0.770. The van der Waals surface area contributed by atoms with E-state index in [1.807, 2.05) is 20.8 Å². The molecule has 0 bridgehead atoms. The predicted molar refractivity (Wildman–Crippen MR) is 77.0 cm³/mol. The molecule has 0 aliphatic carbocycles. The molecule has 0 aliphatic rings. The SMILES string of the molecule is COc1cc(C(C)O)ccc1OCC(=O)NC(C)(C)C. The van der Waals surface area contributed by atoms with E-state index in [1.165, 1.54) is 7.11 Å². The third kappa shape index (κ3) is 5.09. The molecule has 1 rings (SSSR count). The summed E-state index contributed by atoms with van der Waals surface area (Å²) >= 11 is 0. The molecule has 0 saturated heterocycles. The van der Waals surface area contributed by atoms with Gasteiger partial charge in [-0.05, 0) is 45.4 Å². The lowest BCUT2D eigenvalue weighted by Gasteiger charge is -2.20. The van der Waals surface area contributed by atoms with E-state index in [-0.39, 0.29) is 18.1 Å².